The Morgan fingerprint density at radius 2 is 1.95 bits per heavy atom. The highest BCUT2D eigenvalue weighted by molar-refractivity contribution is 6.76. The fraction of sp³-hybridized carbons (Fsp3) is 0.286. The number of amides is 1. The van der Waals surface area contributed by atoms with Gasteiger partial charge in [-0.3, -0.25) is 10.1 Å². The van der Waals surface area contributed by atoms with E-state index in [1.54, 1.807) is 30.6 Å². The summed E-state index contributed by atoms with van der Waals surface area (Å²) in [5.41, 5.74) is 2.19. The number of rotatable bonds is 9. The summed E-state index contributed by atoms with van der Waals surface area (Å²) in [6.45, 7) is 7.80. The van der Waals surface area contributed by atoms with Crippen LogP contribution in [-0.2, 0) is 16.1 Å². The maximum absolute atomic E-state index is 15.3. The van der Waals surface area contributed by atoms with Gasteiger partial charge in [0.15, 0.2) is 17.3 Å². The molecule has 5 aromatic rings. The van der Waals surface area contributed by atoms with Crippen LogP contribution in [0.5, 0.6) is 0 Å². The predicted molar refractivity (Wildman–Crippen MR) is 152 cm³/mol. The van der Waals surface area contributed by atoms with Crippen LogP contribution in [-0.4, -0.2) is 62.1 Å². The largest absolute Gasteiger partial charge is 0.446 e. The molecule has 0 unspecified atom stereocenters. The monoisotopic (exact) mass is 590 g/mol. The van der Waals surface area contributed by atoms with Crippen LogP contribution in [0.2, 0.25) is 25.7 Å². The number of fused-ring (bicyclic) bond motifs is 1. The Bertz CT molecular complexity index is 1750. The lowest BCUT2D eigenvalue weighted by Crippen LogP contribution is -2.28. The molecule has 14 heteroatoms. The molecule has 0 aliphatic carbocycles. The van der Waals surface area contributed by atoms with Crippen LogP contribution >= 0.6 is 0 Å². The summed E-state index contributed by atoms with van der Waals surface area (Å²) in [4.78, 5) is 27.2. The van der Waals surface area contributed by atoms with Gasteiger partial charge in [-0.25, -0.2) is 33.0 Å². The van der Waals surface area contributed by atoms with Crippen molar-refractivity contribution in [1.82, 2.24) is 34.8 Å². The van der Waals surface area contributed by atoms with E-state index in [2.05, 4.69) is 49.9 Å². The van der Waals surface area contributed by atoms with Crippen LogP contribution in [0.3, 0.4) is 0 Å². The number of halogens is 2. The molecule has 0 saturated carbocycles. The number of aromatic amines is 1. The molecule has 5 heterocycles. The number of pyridine rings is 1. The molecule has 1 fully saturated rings. The van der Waals surface area contributed by atoms with Crippen LogP contribution in [0.1, 0.15) is 17.6 Å². The zero-order chi connectivity index (χ0) is 29.4. The number of nitrogens with one attached hydrogen (secondary N) is 1. The number of nitrogens with zero attached hydrogens (tertiary/aromatic N) is 7. The van der Waals surface area contributed by atoms with E-state index in [-0.39, 0.29) is 24.6 Å². The van der Waals surface area contributed by atoms with E-state index in [9.17, 15) is 9.18 Å². The minimum Gasteiger partial charge on any atom is -0.446 e. The zero-order valence-electron chi connectivity index (χ0n) is 23.2. The molecule has 0 spiro atoms. The number of carbonyl (C=O) groups excluding carboxylic acids is 1. The van der Waals surface area contributed by atoms with E-state index in [1.165, 1.54) is 27.6 Å². The third kappa shape index (κ3) is 5.62. The van der Waals surface area contributed by atoms with Gasteiger partial charge in [0.05, 0.1) is 23.7 Å². The molecule has 1 atom stereocenters. The van der Waals surface area contributed by atoms with Crippen molar-refractivity contribution in [2.45, 2.75) is 38.3 Å². The summed E-state index contributed by atoms with van der Waals surface area (Å²) in [6, 6.07) is 9.55. The zero-order valence-corrected chi connectivity index (χ0v) is 24.2. The average Bonchev–Trinajstić information content (AvgIpc) is 3.69. The lowest BCUT2D eigenvalue weighted by molar-refractivity contribution is 0.127. The van der Waals surface area contributed by atoms with Crippen molar-refractivity contribution in [2.75, 3.05) is 18.1 Å². The van der Waals surface area contributed by atoms with E-state index in [4.69, 9.17) is 9.47 Å². The second-order valence-electron chi connectivity index (χ2n) is 11.1. The number of hydrogen-bond acceptors (Lipinski definition) is 8. The van der Waals surface area contributed by atoms with E-state index in [0.29, 0.717) is 40.7 Å². The van der Waals surface area contributed by atoms with Crippen LogP contribution in [0.4, 0.5) is 19.4 Å². The molecule has 1 aliphatic rings. The van der Waals surface area contributed by atoms with Gasteiger partial charge in [0, 0.05) is 26.4 Å². The maximum atomic E-state index is 15.3. The highest BCUT2D eigenvalue weighted by Crippen LogP contribution is 2.33. The molecule has 1 amide bonds. The number of hydrogen-bond donors (Lipinski definition) is 1. The van der Waals surface area contributed by atoms with Crippen molar-refractivity contribution < 1.29 is 23.0 Å². The quantitative estimate of drug-likeness (QED) is 0.179. The Kier molecular flexibility index (Phi) is 7.24. The molecule has 0 radical (unpaired) electrons. The van der Waals surface area contributed by atoms with Crippen molar-refractivity contribution in [3.8, 4) is 22.5 Å². The normalized spacial score (nSPS) is 15.5. The highest BCUT2D eigenvalue weighted by atomic mass is 28.3. The number of ether oxygens (including phenoxy) is 2. The average molecular weight is 591 g/mol. The summed E-state index contributed by atoms with van der Waals surface area (Å²) in [7, 11) is -1.20. The van der Waals surface area contributed by atoms with E-state index in [1.807, 2.05) is 0 Å². The molecular formula is C28H28F2N8O3Si. The van der Waals surface area contributed by atoms with Crippen LogP contribution in [0.15, 0.2) is 55.0 Å². The first-order valence-corrected chi connectivity index (χ1v) is 17.1. The third-order valence-corrected chi connectivity index (χ3v) is 8.56. The number of anilines is 1. The Balaban J connectivity index is 1.24. The first kappa shape index (κ1) is 27.6. The molecule has 42 heavy (non-hydrogen) atoms. The maximum Gasteiger partial charge on any atom is 0.416 e. The number of aromatic nitrogens is 7. The van der Waals surface area contributed by atoms with E-state index < -0.39 is 31.8 Å². The number of carbonyl (C=O) groups is 1. The van der Waals surface area contributed by atoms with Crippen LogP contribution in [0.25, 0.3) is 28.2 Å². The van der Waals surface area contributed by atoms with Crippen molar-refractivity contribution in [1.29, 1.82) is 0 Å². The lowest BCUT2D eigenvalue weighted by atomic mass is 10.1. The minimum absolute atomic E-state index is 0.0383. The van der Waals surface area contributed by atoms with Crippen molar-refractivity contribution in [3.63, 3.8) is 0 Å². The summed E-state index contributed by atoms with van der Waals surface area (Å²) in [6.07, 6.45) is 3.70. The standard InChI is InChI=1S/C28H28F2N8O3Si/c1-42(2,3)11-10-40-16-24-33-26(36-35-24)19-6-4-17(12-21(19)30)20-14-32-37-9-8-25(34-27(20)37)38-23(15-41-28(38)39)22-7-5-18(29)13-31-22/h4-9,12-14,23H,10-11,15-16H2,1-3H3,(H,33,35,36)/t23-/m1/s1. The van der Waals surface area contributed by atoms with E-state index >= 15 is 4.39 Å². The molecule has 1 aliphatic heterocycles. The van der Waals surface area contributed by atoms with Crippen molar-refractivity contribution in [3.05, 3.63) is 78.1 Å². The number of H-pyrrole nitrogens is 1. The molecule has 1 N–H and O–H groups in total. The summed E-state index contributed by atoms with van der Waals surface area (Å²) < 4.78 is 41.3. The summed E-state index contributed by atoms with van der Waals surface area (Å²) >= 11 is 0. The minimum atomic E-state index is -1.20. The Labute approximate surface area is 240 Å². The van der Waals surface area contributed by atoms with Gasteiger partial charge in [-0.1, -0.05) is 25.7 Å². The van der Waals surface area contributed by atoms with Crippen molar-refractivity contribution >= 4 is 25.6 Å². The van der Waals surface area contributed by atoms with Gasteiger partial charge < -0.3 is 9.47 Å². The highest BCUT2D eigenvalue weighted by Gasteiger charge is 2.37. The third-order valence-electron chi connectivity index (χ3n) is 6.85. The SMILES string of the molecule is C[Si](C)(C)CCOCc1nc(-c2ccc(-c3cnn4ccc(N5C(=O)OC[C@@H]5c5ccc(F)cn5)nc34)cc2F)n[nH]1. The summed E-state index contributed by atoms with van der Waals surface area (Å²) in [5.74, 6) is 0.0516. The van der Waals surface area contributed by atoms with Crippen molar-refractivity contribution in [2.24, 2.45) is 0 Å². The van der Waals surface area contributed by atoms with Crippen LogP contribution < -0.4 is 4.90 Å². The summed E-state index contributed by atoms with van der Waals surface area (Å²) in [5, 5.41) is 11.3. The molecule has 6 rings (SSSR count). The van der Waals surface area contributed by atoms with Gasteiger partial charge in [0.2, 0.25) is 0 Å². The van der Waals surface area contributed by atoms with Gasteiger partial charge in [-0.05, 0) is 41.9 Å². The fourth-order valence-electron chi connectivity index (χ4n) is 4.57. The molecule has 1 aromatic carbocycles. The van der Waals surface area contributed by atoms with E-state index in [0.717, 1.165) is 12.2 Å². The molecule has 0 bridgehead atoms. The Morgan fingerprint density at radius 3 is 2.71 bits per heavy atom. The fourth-order valence-corrected chi connectivity index (χ4v) is 5.32. The molecule has 11 nitrogen and oxygen atoms in total. The second-order valence-corrected chi connectivity index (χ2v) is 16.8. The predicted octanol–water partition coefficient (Wildman–Crippen LogP) is 5.41. The molecular weight excluding hydrogens is 562 g/mol. The topological polar surface area (TPSA) is 123 Å². The van der Waals surface area contributed by atoms with Gasteiger partial charge >= 0.3 is 6.09 Å². The van der Waals surface area contributed by atoms with Crippen LogP contribution in [0, 0.1) is 11.6 Å². The molecule has 216 valence electrons. The van der Waals surface area contributed by atoms with Gasteiger partial charge in [-0.15, -0.1) is 0 Å². The number of benzene rings is 1. The lowest BCUT2D eigenvalue weighted by Gasteiger charge is -2.20. The Morgan fingerprint density at radius 1 is 1.10 bits per heavy atom. The smallest absolute Gasteiger partial charge is 0.416 e. The first-order valence-electron chi connectivity index (χ1n) is 13.4. The van der Waals surface area contributed by atoms with Gasteiger partial charge in [-0.2, -0.15) is 10.2 Å². The molecule has 1 saturated heterocycles. The number of cyclic esters (lactones) is 1. The van der Waals surface area contributed by atoms with Gasteiger partial charge in [0.1, 0.15) is 36.7 Å². The van der Waals surface area contributed by atoms with Gasteiger partial charge in [0.25, 0.3) is 0 Å². The second kappa shape index (κ2) is 11.0. The molecule has 4 aromatic heterocycles. The Hall–Kier alpha value is -4.56. The first-order chi connectivity index (χ1) is 20.2.